The van der Waals surface area contributed by atoms with Gasteiger partial charge in [0.2, 0.25) is 0 Å². The van der Waals surface area contributed by atoms with Crippen molar-refractivity contribution in [2.75, 3.05) is 13.2 Å². The first kappa shape index (κ1) is 18.5. The number of carbonyl (C=O) groups excluding carboxylic acids is 2. The number of alkyl carbamates (subject to hydrolysis) is 1. The minimum Gasteiger partial charge on any atom is -0.460 e. The van der Waals surface area contributed by atoms with Gasteiger partial charge in [-0.2, -0.15) is 0 Å². The molecule has 5 heteroatoms. The molecule has 0 bridgehead atoms. The highest BCUT2D eigenvalue weighted by Crippen LogP contribution is 2.23. The van der Waals surface area contributed by atoms with Crippen molar-refractivity contribution in [3.8, 4) is 0 Å². The van der Waals surface area contributed by atoms with Crippen molar-refractivity contribution < 1.29 is 19.1 Å². The summed E-state index contributed by atoms with van der Waals surface area (Å²) in [6.45, 7) is 13.7. The van der Waals surface area contributed by atoms with E-state index < -0.39 is 12.1 Å². The zero-order chi connectivity index (χ0) is 15.8. The highest BCUT2D eigenvalue weighted by atomic mass is 16.6. The number of carbonyl (C=O) groups is 2. The van der Waals surface area contributed by atoms with E-state index in [1.165, 1.54) is 0 Å². The largest absolute Gasteiger partial charge is 0.460 e. The van der Waals surface area contributed by atoms with Crippen molar-refractivity contribution in [3.05, 3.63) is 12.2 Å². The topological polar surface area (TPSA) is 64.6 Å². The molecule has 5 nitrogen and oxygen atoms in total. The Bertz CT molecular complexity index is 344. The van der Waals surface area contributed by atoms with Gasteiger partial charge in [-0.3, -0.25) is 0 Å². The summed E-state index contributed by atoms with van der Waals surface area (Å²) in [5, 5.41) is 2.56. The van der Waals surface area contributed by atoms with Crippen LogP contribution in [0, 0.1) is 5.41 Å². The first-order valence-corrected chi connectivity index (χ1v) is 6.93. The van der Waals surface area contributed by atoms with Gasteiger partial charge in [-0.05, 0) is 25.2 Å². The standard InChI is InChI=1S/C15H27NO4/c1-7-12(10-15(4,5)6)20-14(18)16-8-9-19-13(17)11(2)3/h12H,2,7-10H2,1,3-6H3,(H,16,18). The summed E-state index contributed by atoms with van der Waals surface area (Å²) in [6.07, 6.45) is 0.997. The maximum atomic E-state index is 11.6. The van der Waals surface area contributed by atoms with E-state index in [9.17, 15) is 9.59 Å². The van der Waals surface area contributed by atoms with E-state index in [1.54, 1.807) is 6.92 Å². The Hall–Kier alpha value is -1.52. The highest BCUT2D eigenvalue weighted by Gasteiger charge is 2.20. The third kappa shape index (κ3) is 9.42. The fourth-order valence-corrected chi connectivity index (χ4v) is 1.57. The SMILES string of the molecule is C=C(C)C(=O)OCCNC(=O)OC(CC)CC(C)(C)C. The molecule has 20 heavy (non-hydrogen) atoms. The molecule has 0 aliphatic heterocycles. The minimum absolute atomic E-state index is 0.104. The molecule has 0 aromatic heterocycles. The Morgan fingerprint density at radius 3 is 2.35 bits per heavy atom. The molecule has 1 atom stereocenters. The van der Waals surface area contributed by atoms with Crippen LogP contribution in [0.1, 0.15) is 47.5 Å². The molecule has 0 aliphatic carbocycles. The fourth-order valence-electron chi connectivity index (χ4n) is 1.57. The molecule has 0 saturated carbocycles. The molecule has 0 saturated heterocycles. The van der Waals surface area contributed by atoms with Crippen LogP contribution in [0.25, 0.3) is 0 Å². The van der Waals surface area contributed by atoms with Gasteiger partial charge in [-0.15, -0.1) is 0 Å². The van der Waals surface area contributed by atoms with Crippen molar-refractivity contribution in [1.29, 1.82) is 0 Å². The summed E-state index contributed by atoms with van der Waals surface area (Å²) < 4.78 is 10.2. The van der Waals surface area contributed by atoms with Crippen LogP contribution >= 0.6 is 0 Å². The quantitative estimate of drug-likeness (QED) is 0.443. The van der Waals surface area contributed by atoms with Gasteiger partial charge in [0.15, 0.2) is 0 Å². The predicted octanol–water partition coefficient (Wildman–Crippen LogP) is 3.05. The maximum Gasteiger partial charge on any atom is 0.407 e. The molecule has 1 amide bonds. The molecular formula is C15H27NO4. The van der Waals surface area contributed by atoms with Gasteiger partial charge in [0.25, 0.3) is 0 Å². The van der Waals surface area contributed by atoms with Crippen molar-refractivity contribution in [1.82, 2.24) is 5.32 Å². The van der Waals surface area contributed by atoms with Crippen molar-refractivity contribution >= 4 is 12.1 Å². The van der Waals surface area contributed by atoms with Crippen LogP contribution in [-0.4, -0.2) is 31.3 Å². The van der Waals surface area contributed by atoms with Gasteiger partial charge < -0.3 is 14.8 Å². The fraction of sp³-hybridized carbons (Fsp3) is 0.733. The minimum atomic E-state index is -0.479. The Morgan fingerprint density at radius 1 is 1.30 bits per heavy atom. The molecule has 0 heterocycles. The van der Waals surface area contributed by atoms with Crippen molar-refractivity contribution in [2.45, 2.75) is 53.6 Å². The Morgan fingerprint density at radius 2 is 1.90 bits per heavy atom. The first-order valence-electron chi connectivity index (χ1n) is 6.93. The van der Waals surface area contributed by atoms with Crippen LogP contribution in [0.5, 0.6) is 0 Å². The number of esters is 1. The van der Waals surface area contributed by atoms with E-state index in [2.05, 4.69) is 32.7 Å². The molecule has 0 aromatic carbocycles. The second kappa shape index (κ2) is 8.61. The number of amides is 1. The van der Waals surface area contributed by atoms with Crippen molar-refractivity contribution in [2.24, 2.45) is 5.41 Å². The van der Waals surface area contributed by atoms with Gasteiger partial charge in [0, 0.05) is 5.57 Å². The van der Waals surface area contributed by atoms with Gasteiger partial charge >= 0.3 is 12.1 Å². The van der Waals surface area contributed by atoms with E-state index in [0.29, 0.717) is 5.57 Å². The van der Waals surface area contributed by atoms with Crippen LogP contribution in [0.2, 0.25) is 0 Å². The average molecular weight is 285 g/mol. The first-order chi connectivity index (χ1) is 9.15. The van der Waals surface area contributed by atoms with E-state index in [1.807, 2.05) is 6.92 Å². The summed E-state index contributed by atoms with van der Waals surface area (Å²) in [6, 6.07) is 0. The zero-order valence-corrected chi connectivity index (χ0v) is 13.2. The summed E-state index contributed by atoms with van der Waals surface area (Å²) in [4.78, 5) is 22.7. The Kier molecular flexibility index (Phi) is 7.96. The number of hydrogen-bond acceptors (Lipinski definition) is 4. The van der Waals surface area contributed by atoms with E-state index in [-0.39, 0.29) is 24.7 Å². The normalized spacial score (nSPS) is 12.4. The number of rotatable bonds is 7. The molecule has 0 fully saturated rings. The monoisotopic (exact) mass is 285 g/mol. The Balaban J connectivity index is 3.92. The summed E-state index contributed by atoms with van der Waals surface area (Å²) in [7, 11) is 0. The van der Waals surface area contributed by atoms with Crippen LogP contribution in [0.15, 0.2) is 12.2 Å². The van der Waals surface area contributed by atoms with Gasteiger partial charge in [-0.1, -0.05) is 34.3 Å². The third-order valence-electron chi connectivity index (χ3n) is 2.52. The van der Waals surface area contributed by atoms with Crippen LogP contribution in [0.3, 0.4) is 0 Å². The molecule has 1 N–H and O–H groups in total. The highest BCUT2D eigenvalue weighted by molar-refractivity contribution is 5.86. The average Bonchev–Trinajstić information content (AvgIpc) is 2.31. The smallest absolute Gasteiger partial charge is 0.407 e. The molecule has 116 valence electrons. The second-order valence-electron chi connectivity index (χ2n) is 6.04. The Labute approximate surface area is 121 Å². The third-order valence-corrected chi connectivity index (χ3v) is 2.52. The number of ether oxygens (including phenoxy) is 2. The van der Waals surface area contributed by atoms with Gasteiger partial charge in [0.1, 0.15) is 12.7 Å². The van der Waals surface area contributed by atoms with Crippen LogP contribution in [0.4, 0.5) is 4.79 Å². The number of nitrogens with one attached hydrogen (secondary N) is 1. The summed E-state index contributed by atoms with van der Waals surface area (Å²) in [5.41, 5.74) is 0.446. The van der Waals surface area contributed by atoms with Crippen LogP contribution < -0.4 is 5.32 Å². The number of hydrogen-bond donors (Lipinski definition) is 1. The lowest BCUT2D eigenvalue weighted by Gasteiger charge is -2.25. The summed E-state index contributed by atoms with van der Waals surface area (Å²) in [5.74, 6) is -0.459. The zero-order valence-electron chi connectivity index (χ0n) is 13.2. The maximum absolute atomic E-state index is 11.6. The molecule has 0 rings (SSSR count). The van der Waals surface area contributed by atoms with Crippen LogP contribution in [-0.2, 0) is 14.3 Å². The molecule has 0 aromatic rings. The predicted molar refractivity (Wildman–Crippen MR) is 78.4 cm³/mol. The summed E-state index contributed by atoms with van der Waals surface area (Å²) >= 11 is 0. The second-order valence-corrected chi connectivity index (χ2v) is 6.04. The molecular weight excluding hydrogens is 258 g/mol. The lowest BCUT2D eigenvalue weighted by atomic mass is 9.88. The molecule has 0 aliphatic rings. The van der Waals surface area contributed by atoms with E-state index in [0.717, 1.165) is 12.8 Å². The van der Waals surface area contributed by atoms with Gasteiger partial charge in [0.05, 0.1) is 6.54 Å². The van der Waals surface area contributed by atoms with E-state index >= 15 is 0 Å². The van der Waals surface area contributed by atoms with Gasteiger partial charge in [-0.25, -0.2) is 9.59 Å². The van der Waals surface area contributed by atoms with E-state index in [4.69, 9.17) is 9.47 Å². The molecule has 1 unspecified atom stereocenters. The lowest BCUT2D eigenvalue weighted by molar-refractivity contribution is -0.138. The molecule has 0 radical (unpaired) electrons. The lowest BCUT2D eigenvalue weighted by Crippen LogP contribution is -2.33. The van der Waals surface area contributed by atoms with Crippen molar-refractivity contribution in [3.63, 3.8) is 0 Å². The molecule has 0 spiro atoms.